The Hall–Kier alpha value is -2.31. The maximum absolute atomic E-state index is 13.6. The first-order valence-electron chi connectivity index (χ1n) is 5.89. The summed E-state index contributed by atoms with van der Waals surface area (Å²) in [6.07, 6.45) is 1.96. The average Bonchev–Trinajstić information content (AvgIpc) is 3.11. The summed E-state index contributed by atoms with van der Waals surface area (Å²) in [5.41, 5.74) is 10.6. The minimum Gasteiger partial charge on any atom is -0.398 e. The van der Waals surface area contributed by atoms with E-state index >= 15 is 0 Å². The summed E-state index contributed by atoms with van der Waals surface area (Å²) in [5, 5.41) is 5.37. The summed E-state index contributed by atoms with van der Waals surface area (Å²) < 4.78 is 13.6. The Balaban J connectivity index is 2.04. The lowest BCUT2D eigenvalue weighted by Crippen LogP contribution is -2.31. The summed E-state index contributed by atoms with van der Waals surface area (Å²) in [5.74, 6) is -1.61. The van der Waals surface area contributed by atoms with Gasteiger partial charge in [0, 0.05) is 11.7 Å². The second kappa shape index (κ2) is 5.13. The van der Waals surface area contributed by atoms with E-state index in [-0.39, 0.29) is 35.4 Å². The number of carbonyl (C=O) groups is 2. The molecular weight excluding hydrogens is 251 g/mol. The molecule has 2 rings (SSSR count). The van der Waals surface area contributed by atoms with Gasteiger partial charge in [-0.05, 0) is 25.0 Å². The Labute approximate surface area is 109 Å². The first-order valence-corrected chi connectivity index (χ1v) is 5.89. The van der Waals surface area contributed by atoms with Crippen LogP contribution in [0.1, 0.15) is 23.2 Å². The van der Waals surface area contributed by atoms with Crippen LogP contribution in [0.5, 0.6) is 0 Å². The minimum absolute atomic E-state index is 0.0199. The summed E-state index contributed by atoms with van der Waals surface area (Å²) in [6.45, 7) is -0.0739. The first kappa shape index (κ1) is 13.1. The van der Waals surface area contributed by atoms with Gasteiger partial charge in [-0.3, -0.25) is 9.59 Å². The molecule has 0 saturated heterocycles. The molecule has 6 nitrogen and oxygen atoms in total. The van der Waals surface area contributed by atoms with Gasteiger partial charge in [-0.25, -0.2) is 4.39 Å². The predicted molar refractivity (Wildman–Crippen MR) is 69.0 cm³/mol. The van der Waals surface area contributed by atoms with Gasteiger partial charge in [0.1, 0.15) is 5.82 Å². The van der Waals surface area contributed by atoms with E-state index in [0.29, 0.717) is 0 Å². The van der Waals surface area contributed by atoms with Gasteiger partial charge in [-0.2, -0.15) is 0 Å². The fourth-order valence-electron chi connectivity index (χ4n) is 1.62. The Morgan fingerprint density at radius 1 is 1.37 bits per heavy atom. The molecule has 0 heterocycles. The molecule has 0 atom stereocenters. The van der Waals surface area contributed by atoms with Crippen LogP contribution in [0.4, 0.5) is 15.8 Å². The lowest BCUT2D eigenvalue weighted by Gasteiger charge is -2.10. The zero-order valence-electron chi connectivity index (χ0n) is 10.2. The molecule has 2 amide bonds. The number of benzene rings is 1. The largest absolute Gasteiger partial charge is 0.398 e. The van der Waals surface area contributed by atoms with Crippen molar-refractivity contribution in [1.82, 2.24) is 5.32 Å². The van der Waals surface area contributed by atoms with Crippen LogP contribution >= 0.6 is 0 Å². The first-order chi connectivity index (χ1) is 8.97. The minimum atomic E-state index is -0.747. The Kier molecular flexibility index (Phi) is 3.55. The molecule has 1 aliphatic rings. The molecule has 0 bridgehead atoms. The Morgan fingerprint density at radius 2 is 2.05 bits per heavy atom. The van der Waals surface area contributed by atoms with Crippen molar-refractivity contribution in [1.29, 1.82) is 0 Å². The Bertz CT molecular complexity index is 529. The summed E-state index contributed by atoms with van der Waals surface area (Å²) in [6, 6.07) is 2.45. The maximum atomic E-state index is 13.6. The van der Waals surface area contributed by atoms with E-state index in [1.807, 2.05) is 0 Å². The zero-order valence-corrected chi connectivity index (χ0v) is 10.2. The number of nitrogen functional groups attached to an aromatic ring is 1. The van der Waals surface area contributed by atoms with Crippen LogP contribution in [-0.4, -0.2) is 24.4 Å². The van der Waals surface area contributed by atoms with Crippen molar-refractivity contribution in [3.63, 3.8) is 0 Å². The summed E-state index contributed by atoms with van der Waals surface area (Å²) >= 11 is 0. The van der Waals surface area contributed by atoms with E-state index in [4.69, 9.17) is 11.5 Å². The van der Waals surface area contributed by atoms with Crippen LogP contribution in [0.2, 0.25) is 0 Å². The van der Waals surface area contributed by atoms with E-state index < -0.39 is 11.7 Å². The van der Waals surface area contributed by atoms with E-state index in [0.717, 1.165) is 18.9 Å². The highest BCUT2D eigenvalue weighted by Crippen LogP contribution is 2.22. The number of amides is 2. The monoisotopic (exact) mass is 266 g/mol. The van der Waals surface area contributed by atoms with Crippen molar-refractivity contribution >= 4 is 23.2 Å². The van der Waals surface area contributed by atoms with Gasteiger partial charge >= 0.3 is 0 Å². The van der Waals surface area contributed by atoms with Crippen molar-refractivity contribution in [2.24, 2.45) is 5.73 Å². The SMILES string of the molecule is NC(=O)c1cc(NCC(=O)NC2CC2)c(F)cc1N. The highest BCUT2D eigenvalue weighted by molar-refractivity contribution is 5.99. The summed E-state index contributed by atoms with van der Waals surface area (Å²) in [7, 11) is 0. The van der Waals surface area contributed by atoms with Crippen LogP contribution in [0.25, 0.3) is 0 Å². The number of carbonyl (C=O) groups excluding carboxylic acids is 2. The van der Waals surface area contributed by atoms with Gasteiger partial charge in [0.2, 0.25) is 5.91 Å². The number of hydrogen-bond donors (Lipinski definition) is 4. The number of nitrogens with two attached hydrogens (primary N) is 2. The van der Waals surface area contributed by atoms with Crippen molar-refractivity contribution in [2.45, 2.75) is 18.9 Å². The summed E-state index contributed by atoms with van der Waals surface area (Å²) in [4.78, 5) is 22.5. The molecule has 0 aromatic heterocycles. The highest BCUT2D eigenvalue weighted by atomic mass is 19.1. The van der Waals surface area contributed by atoms with Gasteiger partial charge in [0.25, 0.3) is 5.91 Å². The number of primary amides is 1. The molecule has 1 fully saturated rings. The zero-order chi connectivity index (χ0) is 14.0. The predicted octanol–water partition coefficient (Wildman–Crippen LogP) is 0.197. The van der Waals surface area contributed by atoms with Crippen molar-refractivity contribution in [3.05, 3.63) is 23.5 Å². The Morgan fingerprint density at radius 3 is 2.63 bits per heavy atom. The quantitative estimate of drug-likeness (QED) is 0.570. The third kappa shape index (κ3) is 3.34. The molecule has 0 radical (unpaired) electrons. The maximum Gasteiger partial charge on any atom is 0.250 e. The number of anilines is 2. The van der Waals surface area contributed by atoms with Crippen LogP contribution in [0.15, 0.2) is 12.1 Å². The van der Waals surface area contributed by atoms with E-state index in [2.05, 4.69) is 10.6 Å². The van der Waals surface area contributed by atoms with Crippen molar-refractivity contribution in [3.8, 4) is 0 Å². The second-order valence-electron chi connectivity index (χ2n) is 4.48. The fourth-order valence-corrected chi connectivity index (χ4v) is 1.62. The lowest BCUT2D eigenvalue weighted by atomic mass is 10.1. The van der Waals surface area contributed by atoms with E-state index in [9.17, 15) is 14.0 Å². The molecule has 0 unspecified atom stereocenters. The van der Waals surface area contributed by atoms with E-state index in [1.54, 1.807) is 0 Å². The van der Waals surface area contributed by atoms with Gasteiger partial charge in [0.15, 0.2) is 0 Å². The van der Waals surface area contributed by atoms with Gasteiger partial charge in [-0.15, -0.1) is 0 Å². The average molecular weight is 266 g/mol. The third-order valence-corrected chi connectivity index (χ3v) is 2.79. The molecule has 19 heavy (non-hydrogen) atoms. The standard InChI is InChI=1S/C12H15FN4O2/c13-8-4-9(14)7(12(15)19)3-10(8)16-5-11(18)17-6-1-2-6/h3-4,6,16H,1-2,5,14H2,(H2,15,19)(H,17,18). The lowest BCUT2D eigenvalue weighted by molar-refractivity contribution is -0.119. The normalized spacial score (nSPS) is 13.9. The van der Waals surface area contributed by atoms with E-state index in [1.165, 1.54) is 6.07 Å². The molecule has 7 heteroatoms. The number of hydrogen-bond acceptors (Lipinski definition) is 4. The van der Waals surface area contributed by atoms with Gasteiger partial charge in [0.05, 0.1) is 17.8 Å². The molecule has 1 aromatic carbocycles. The second-order valence-corrected chi connectivity index (χ2v) is 4.48. The topological polar surface area (TPSA) is 110 Å². The van der Waals surface area contributed by atoms with Crippen molar-refractivity contribution < 1.29 is 14.0 Å². The number of rotatable bonds is 5. The van der Waals surface area contributed by atoms with Crippen molar-refractivity contribution in [2.75, 3.05) is 17.6 Å². The van der Waals surface area contributed by atoms with Gasteiger partial charge in [-0.1, -0.05) is 0 Å². The van der Waals surface area contributed by atoms with Crippen LogP contribution in [0.3, 0.4) is 0 Å². The molecule has 102 valence electrons. The third-order valence-electron chi connectivity index (χ3n) is 2.79. The molecule has 1 aromatic rings. The molecule has 0 spiro atoms. The van der Waals surface area contributed by atoms with Gasteiger partial charge < -0.3 is 22.1 Å². The number of halogens is 1. The molecule has 6 N–H and O–H groups in total. The molecule has 0 aliphatic heterocycles. The smallest absolute Gasteiger partial charge is 0.250 e. The molecule has 1 saturated carbocycles. The van der Waals surface area contributed by atoms with Crippen LogP contribution < -0.4 is 22.1 Å². The molecule has 1 aliphatic carbocycles. The fraction of sp³-hybridized carbons (Fsp3) is 0.333. The molecular formula is C12H15FN4O2. The highest BCUT2D eigenvalue weighted by Gasteiger charge is 2.23. The number of nitrogens with one attached hydrogen (secondary N) is 2. The van der Waals surface area contributed by atoms with Crippen LogP contribution in [-0.2, 0) is 4.79 Å². The van der Waals surface area contributed by atoms with Crippen LogP contribution in [0, 0.1) is 5.82 Å².